The second kappa shape index (κ2) is 5.79. The molecule has 1 aliphatic heterocycles. The van der Waals surface area contributed by atoms with Gasteiger partial charge in [-0.3, -0.25) is 5.10 Å². The maximum atomic E-state index is 4.45. The Kier molecular flexibility index (Phi) is 3.43. The standard InChI is InChI=1S/C20H18N4S/c1-24-11-16-9-14(20-21-6-7-25-20)2-4-17(16)18(12-24)13-3-5-19-15(8-13)10-22-23-19/h2-10,18H,11-12H2,1H3,(H,22,23). The third-order valence-electron chi connectivity index (χ3n) is 5.00. The molecule has 5 rings (SSSR count). The van der Waals surface area contributed by atoms with E-state index in [2.05, 4.69) is 63.5 Å². The highest BCUT2D eigenvalue weighted by molar-refractivity contribution is 7.13. The van der Waals surface area contributed by atoms with Crippen LogP contribution in [0.2, 0.25) is 0 Å². The molecular weight excluding hydrogens is 328 g/mol. The summed E-state index contributed by atoms with van der Waals surface area (Å²) in [4.78, 5) is 6.86. The van der Waals surface area contributed by atoms with Crippen LogP contribution in [-0.2, 0) is 6.54 Å². The summed E-state index contributed by atoms with van der Waals surface area (Å²) < 4.78 is 0. The molecular formula is C20H18N4S. The molecule has 0 fully saturated rings. The predicted molar refractivity (Wildman–Crippen MR) is 102 cm³/mol. The minimum Gasteiger partial charge on any atom is -0.301 e. The second-order valence-corrected chi connectivity index (χ2v) is 7.61. The lowest BCUT2D eigenvalue weighted by Gasteiger charge is -2.33. The van der Waals surface area contributed by atoms with E-state index in [0.717, 1.165) is 23.6 Å². The van der Waals surface area contributed by atoms with Crippen LogP contribution in [0.5, 0.6) is 0 Å². The summed E-state index contributed by atoms with van der Waals surface area (Å²) in [6.45, 7) is 2.02. The first kappa shape index (κ1) is 14.8. The first-order valence-electron chi connectivity index (χ1n) is 8.42. The second-order valence-electron chi connectivity index (χ2n) is 6.72. The Labute approximate surface area is 150 Å². The molecule has 3 heterocycles. The van der Waals surface area contributed by atoms with Crippen LogP contribution in [0.4, 0.5) is 0 Å². The van der Waals surface area contributed by atoms with Crippen molar-refractivity contribution in [2.45, 2.75) is 12.5 Å². The third kappa shape index (κ3) is 2.56. The zero-order valence-electron chi connectivity index (χ0n) is 13.9. The lowest BCUT2D eigenvalue weighted by atomic mass is 9.84. The summed E-state index contributed by atoms with van der Waals surface area (Å²) >= 11 is 1.69. The Morgan fingerprint density at radius 1 is 1.20 bits per heavy atom. The number of aromatic amines is 1. The van der Waals surface area contributed by atoms with Crippen molar-refractivity contribution < 1.29 is 0 Å². The molecule has 2 aromatic heterocycles. The van der Waals surface area contributed by atoms with Crippen LogP contribution in [0.15, 0.2) is 54.2 Å². The molecule has 0 bridgehead atoms. The fourth-order valence-electron chi connectivity index (χ4n) is 3.81. The molecule has 0 saturated carbocycles. The molecule has 5 heteroatoms. The van der Waals surface area contributed by atoms with Crippen molar-refractivity contribution in [3.05, 3.63) is 70.9 Å². The Morgan fingerprint density at radius 3 is 3.04 bits per heavy atom. The lowest BCUT2D eigenvalue weighted by Crippen LogP contribution is -2.31. The van der Waals surface area contributed by atoms with Crippen molar-refractivity contribution in [3.8, 4) is 10.6 Å². The summed E-state index contributed by atoms with van der Waals surface area (Å²) in [6.07, 6.45) is 3.77. The number of H-pyrrole nitrogens is 1. The van der Waals surface area contributed by atoms with Gasteiger partial charge in [0.2, 0.25) is 0 Å². The maximum Gasteiger partial charge on any atom is 0.123 e. The number of nitrogens with one attached hydrogen (secondary N) is 1. The lowest BCUT2D eigenvalue weighted by molar-refractivity contribution is 0.295. The van der Waals surface area contributed by atoms with Crippen LogP contribution in [0, 0.1) is 0 Å². The topological polar surface area (TPSA) is 44.8 Å². The van der Waals surface area contributed by atoms with E-state index in [0.29, 0.717) is 5.92 Å². The van der Waals surface area contributed by atoms with Crippen LogP contribution in [-0.4, -0.2) is 33.7 Å². The number of hydrogen-bond donors (Lipinski definition) is 1. The smallest absolute Gasteiger partial charge is 0.123 e. The number of thiazole rings is 1. The van der Waals surface area contributed by atoms with Crippen molar-refractivity contribution in [2.24, 2.45) is 0 Å². The molecule has 1 aliphatic rings. The van der Waals surface area contributed by atoms with E-state index in [9.17, 15) is 0 Å². The number of fused-ring (bicyclic) bond motifs is 2. The molecule has 0 amide bonds. The van der Waals surface area contributed by atoms with E-state index in [4.69, 9.17) is 0 Å². The third-order valence-corrected chi connectivity index (χ3v) is 5.82. The Morgan fingerprint density at radius 2 is 2.16 bits per heavy atom. The van der Waals surface area contributed by atoms with Gasteiger partial charge in [-0.05, 0) is 41.9 Å². The van der Waals surface area contributed by atoms with Gasteiger partial charge < -0.3 is 4.90 Å². The SMILES string of the molecule is CN1Cc2cc(-c3nccs3)ccc2C(c2ccc3[nH]ncc3c2)C1. The minimum atomic E-state index is 0.387. The van der Waals surface area contributed by atoms with Gasteiger partial charge in [0.15, 0.2) is 0 Å². The molecule has 2 aromatic carbocycles. The van der Waals surface area contributed by atoms with Crippen LogP contribution in [0.1, 0.15) is 22.6 Å². The van der Waals surface area contributed by atoms with E-state index >= 15 is 0 Å². The van der Waals surface area contributed by atoms with E-state index in [1.807, 2.05) is 17.8 Å². The molecule has 1 unspecified atom stereocenters. The van der Waals surface area contributed by atoms with Crippen LogP contribution >= 0.6 is 11.3 Å². The molecule has 0 radical (unpaired) electrons. The zero-order chi connectivity index (χ0) is 16.8. The van der Waals surface area contributed by atoms with Gasteiger partial charge in [-0.2, -0.15) is 5.10 Å². The van der Waals surface area contributed by atoms with Crippen LogP contribution in [0.3, 0.4) is 0 Å². The monoisotopic (exact) mass is 346 g/mol. The summed E-state index contributed by atoms with van der Waals surface area (Å²) in [7, 11) is 2.20. The number of benzene rings is 2. The summed E-state index contributed by atoms with van der Waals surface area (Å²) in [6, 6.07) is 13.4. The molecule has 25 heavy (non-hydrogen) atoms. The van der Waals surface area contributed by atoms with Crippen molar-refractivity contribution >= 4 is 22.2 Å². The molecule has 0 aliphatic carbocycles. The van der Waals surface area contributed by atoms with Crippen molar-refractivity contribution in [2.75, 3.05) is 13.6 Å². The average Bonchev–Trinajstić information content (AvgIpc) is 3.31. The van der Waals surface area contributed by atoms with E-state index in [1.165, 1.54) is 27.6 Å². The van der Waals surface area contributed by atoms with Crippen LogP contribution in [0.25, 0.3) is 21.5 Å². The van der Waals surface area contributed by atoms with E-state index < -0.39 is 0 Å². The van der Waals surface area contributed by atoms with Gasteiger partial charge in [-0.25, -0.2) is 4.98 Å². The van der Waals surface area contributed by atoms with Gasteiger partial charge >= 0.3 is 0 Å². The molecule has 1 N–H and O–H groups in total. The largest absolute Gasteiger partial charge is 0.301 e. The van der Waals surface area contributed by atoms with Crippen LogP contribution < -0.4 is 0 Å². The fraction of sp³-hybridized carbons (Fsp3) is 0.200. The van der Waals surface area contributed by atoms with E-state index in [-0.39, 0.29) is 0 Å². The molecule has 4 aromatic rings. The highest BCUT2D eigenvalue weighted by atomic mass is 32.1. The van der Waals surface area contributed by atoms with Gasteiger partial charge in [0, 0.05) is 41.5 Å². The van der Waals surface area contributed by atoms with E-state index in [1.54, 1.807) is 11.3 Å². The summed E-state index contributed by atoms with van der Waals surface area (Å²) in [5.41, 5.74) is 6.49. The van der Waals surface area contributed by atoms with Gasteiger partial charge in [-0.15, -0.1) is 11.3 Å². The van der Waals surface area contributed by atoms with Gasteiger partial charge in [-0.1, -0.05) is 18.2 Å². The predicted octanol–water partition coefficient (Wildman–Crippen LogP) is 4.26. The number of hydrogen-bond acceptors (Lipinski definition) is 4. The highest BCUT2D eigenvalue weighted by Crippen LogP contribution is 2.36. The van der Waals surface area contributed by atoms with Crippen molar-refractivity contribution in [1.82, 2.24) is 20.1 Å². The molecule has 0 saturated heterocycles. The Bertz CT molecular complexity index is 1030. The summed E-state index contributed by atoms with van der Waals surface area (Å²) in [5, 5.41) is 11.5. The Balaban J connectivity index is 1.60. The minimum absolute atomic E-state index is 0.387. The fourth-order valence-corrected chi connectivity index (χ4v) is 4.45. The van der Waals surface area contributed by atoms with Crippen molar-refractivity contribution in [1.29, 1.82) is 0 Å². The number of rotatable bonds is 2. The number of aromatic nitrogens is 3. The summed E-state index contributed by atoms with van der Waals surface area (Å²) in [5.74, 6) is 0.387. The average molecular weight is 346 g/mol. The number of nitrogens with zero attached hydrogens (tertiary/aromatic N) is 3. The molecule has 0 spiro atoms. The zero-order valence-corrected chi connectivity index (χ0v) is 14.8. The normalized spacial score (nSPS) is 17.7. The highest BCUT2D eigenvalue weighted by Gasteiger charge is 2.25. The first-order valence-corrected chi connectivity index (χ1v) is 9.30. The molecule has 1 atom stereocenters. The Hall–Kier alpha value is -2.50. The van der Waals surface area contributed by atoms with Gasteiger partial charge in [0.25, 0.3) is 0 Å². The number of likely N-dealkylation sites (N-methyl/N-ethyl adjacent to an activating group) is 1. The van der Waals surface area contributed by atoms with Gasteiger partial charge in [0.05, 0.1) is 11.7 Å². The molecule has 4 nitrogen and oxygen atoms in total. The first-order chi connectivity index (χ1) is 12.3. The maximum absolute atomic E-state index is 4.45. The molecule has 124 valence electrons. The van der Waals surface area contributed by atoms with Crippen molar-refractivity contribution in [3.63, 3.8) is 0 Å². The quantitative estimate of drug-likeness (QED) is 0.590. The van der Waals surface area contributed by atoms with Gasteiger partial charge in [0.1, 0.15) is 5.01 Å².